The van der Waals surface area contributed by atoms with Crippen molar-refractivity contribution >= 4 is 17.4 Å². The van der Waals surface area contributed by atoms with Crippen LogP contribution in [0.25, 0.3) is 0 Å². The molecule has 0 unspecified atom stereocenters. The van der Waals surface area contributed by atoms with Gasteiger partial charge in [-0.2, -0.15) is 10.1 Å². The molecular weight excluding hydrogens is 190 g/mol. The Kier molecular flexibility index (Phi) is 2.19. The average Bonchev–Trinajstić information content (AvgIpc) is 2.43. The number of aryl methyl sites for hydroxylation is 2. The zero-order valence-electron chi connectivity index (χ0n) is 8.82. The van der Waals surface area contributed by atoms with Crippen LogP contribution in [0.5, 0.6) is 0 Å². The van der Waals surface area contributed by atoms with Crippen LogP contribution in [0, 0.1) is 13.8 Å². The first-order valence-corrected chi connectivity index (χ1v) is 4.80. The molecule has 0 radical (unpaired) electrons. The second-order valence-corrected chi connectivity index (χ2v) is 3.82. The Balaban J connectivity index is 2.41. The number of rotatable bonds is 1. The van der Waals surface area contributed by atoms with Gasteiger partial charge in [-0.1, -0.05) is 6.07 Å². The van der Waals surface area contributed by atoms with Crippen LogP contribution in [-0.2, 0) is 4.79 Å². The van der Waals surface area contributed by atoms with Crippen LogP contribution in [-0.4, -0.2) is 11.7 Å². The highest BCUT2D eigenvalue weighted by molar-refractivity contribution is 6.11. The van der Waals surface area contributed by atoms with E-state index in [0.717, 1.165) is 16.8 Å². The number of anilines is 1. The molecule has 4 heteroatoms. The van der Waals surface area contributed by atoms with E-state index >= 15 is 0 Å². The van der Waals surface area contributed by atoms with Crippen LogP contribution < -0.4 is 10.7 Å². The predicted molar refractivity (Wildman–Crippen MR) is 59.6 cm³/mol. The van der Waals surface area contributed by atoms with Gasteiger partial charge in [-0.25, -0.2) is 0 Å². The number of amides is 1. The monoisotopic (exact) mass is 203 g/mol. The molecule has 2 N–H and O–H groups in total. The summed E-state index contributed by atoms with van der Waals surface area (Å²) in [6.07, 6.45) is 0.215. The van der Waals surface area contributed by atoms with Crippen molar-refractivity contribution in [1.82, 2.24) is 0 Å². The Bertz CT molecular complexity index is 431. The quantitative estimate of drug-likeness (QED) is 0.748. The summed E-state index contributed by atoms with van der Waals surface area (Å²) in [4.78, 5) is 11.5. The molecule has 0 saturated carbocycles. The summed E-state index contributed by atoms with van der Waals surface area (Å²) >= 11 is 0. The van der Waals surface area contributed by atoms with Crippen molar-refractivity contribution in [2.75, 3.05) is 5.01 Å². The fourth-order valence-electron chi connectivity index (χ4n) is 1.72. The molecule has 0 aromatic heterocycles. The summed E-state index contributed by atoms with van der Waals surface area (Å²) in [6.45, 7) is 3.98. The molecule has 0 atom stereocenters. The van der Waals surface area contributed by atoms with Crippen LogP contribution in [0.1, 0.15) is 17.5 Å². The number of carbonyl (C=O) groups is 1. The molecule has 78 valence electrons. The lowest BCUT2D eigenvalue weighted by atomic mass is 10.1. The summed E-state index contributed by atoms with van der Waals surface area (Å²) in [5.74, 6) is 0.302. The Labute approximate surface area is 88.4 Å². The SMILES string of the molecule is Cc1cc(C)cc(N2N=C(N)CC2=O)c1. The fraction of sp³-hybridized carbons (Fsp3) is 0.273. The van der Waals surface area contributed by atoms with E-state index in [2.05, 4.69) is 11.2 Å². The molecule has 1 aromatic rings. The van der Waals surface area contributed by atoms with E-state index < -0.39 is 0 Å². The summed E-state index contributed by atoms with van der Waals surface area (Å²) in [5.41, 5.74) is 8.53. The highest BCUT2D eigenvalue weighted by Gasteiger charge is 2.23. The number of benzene rings is 1. The summed E-state index contributed by atoms with van der Waals surface area (Å²) in [5, 5.41) is 5.37. The van der Waals surface area contributed by atoms with E-state index in [0.29, 0.717) is 5.84 Å². The van der Waals surface area contributed by atoms with Crippen LogP contribution >= 0.6 is 0 Å². The van der Waals surface area contributed by atoms with Gasteiger partial charge in [-0.15, -0.1) is 0 Å². The van der Waals surface area contributed by atoms with Crippen molar-refractivity contribution < 1.29 is 4.79 Å². The van der Waals surface area contributed by atoms with E-state index in [-0.39, 0.29) is 12.3 Å². The molecule has 1 amide bonds. The fourth-order valence-corrected chi connectivity index (χ4v) is 1.72. The Hall–Kier alpha value is -1.84. The Morgan fingerprint density at radius 2 is 1.87 bits per heavy atom. The molecule has 0 saturated heterocycles. The van der Waals surface area contributed by atoms with Crippen molar-refractivity contribution in [2.45, 2.75) is 20.3 Å². The first-order chi connectivity index (χ1) is 7.06. The van der Waals surface area contributed by atoms with Gasteiger partial charge in [0.25, 0.3) is 5.91 Å². The van der Waals surface area contributed by atoms with Crippen LogP contribution in [0.4, 0.5) is 5.69 Å². The largest absolute Gasteiger partial charge is 0.385 e. The van der Waals surface area contributed by atoms with E-state index in [9.17, 15) is 4.79 Å². The van der Waals surface area contributed by atoms with Gasteiger partial charge in [0.1, 0.15) is 5.84 Å². The first-order valence-electron chi connectivity index (χ1n) is 4.80. The number of hydrogen-bond donors (Lipinski definition) is 1. The van der Waals surface area contributed by atoms with Gasteiger partial charge in [-0.05, 0) is 37.1 Å². The molecule has 0 spiro atoms. The molecule has 0 bridgehead atoms. The minimum atomic E-state index is -0.0718. The van der Waals surface area contributed by atoms with Gasteiger partial charge in [0, 0.05) is 0 Å². The van der Waals surface area contributed by atoms with Gasteiger partial charge >= 0.3 is 0 Å². The van der Waals surface area contributed by atoms with Crippen molar-refractivity contribution in [1.29, 1.82) is 0 Å². The van der Waals surface area contributed by atoms with E-state index in [1.54, 1.807) is 0 Å². The van der Waals surface area contributed by atoms with Gasteiger partial charge in [-0.3, -0.25) is 4.79 Å². The third-order valence-corrected chi connectivity index (χ3v) is 2.25. The molecule has 2 rings (SSSR count). The lowest BCUT2D eigenvalue weighted by Gasteiger charge is -2.12. The maximum Gasteiger partial charge on any atom is 0.255 e. The Morgan fingerprint density at radius 1 is 1.27 bits per heavy atom. The second kappa shape index (κ2) is 3.38. The van der Waals surface area contributed by atoms with E-state index in [1.165, 1.54) is 5.01 Å². The highest BCUT2D eigenvalue weighted by atomic mass is 16.2. The topological polar surface area (TPSA) is 58.7 Å². The van der Waals surface area contributed by atoms with Crippen molar-refractivity contribution in [2.24, 2.45) is 10.8 Å². The first kappa shape index (κ1) is 9.71. The van der Waals surface area contributed by atoms with Gasteiger partial charge in [0.2, 0.25) is 0 Å². The summed E-state index contributed by atoms with van der Waals surface area (Å²) in [7, 11) is 0. The summed E-state index contributed by atoms with van der Waals surface area (Å²) in [6, 6.07) is 5.90. The molecule has 0 aliphatic carbocycles. The highest BCUT2D eigenvalue weighted by Crippen LogP contribution is 2.22. The number of hydrazone groups is 1. The lowest BCUT2D eigenvalue weighted by molar-refractivity contribution is -0.116. The third-order valence-electron chi connectivity index (χ3n) is 2.25. The molecule has 4 nitrogen and oxygen atoms in total. The van der Waals surface area contributed by atoms with Crippen molar-refractivity contribution in [3.63, 3.8) is 0 Å². The molecule has 15 heavy (non-hydrogen) atoms. The zero-order chi connectivity index (χ0) is 11.0. The molecular formula is C11H13N3O. The number of nitrogens with zero attached hydrogens (tertiary/aromatic N) is 2. The van der Waals surface area contributed by atoms with Crippen molar-refractivity contribution in [3.05, 3.63) is 29.3 Å². The molecule has 1 heterocycles. The molecule has 1 aliphatic heterocycles. The van der Waals surface area contributed by atoms with Crippen molar-refractivity contribution in [3.8, 4) is 0 Å². The maximum atomic E-state index is 11.5. The normalized spacial score (nSPS) is 15.7. The molecule has 1 aliphatic rings. The number of carbonyl (C=O) groups excluding carboxylic acids is 1. The maximum absolute atomic E-state index is 11.5. The average molecular weight is 203 g/mol. The zero-order valence-corrected chi connectivity index (χ0v) is 8.82. The van der Waals surface area contributed by atoms with Crippen LogP contribution in [0.3, 0.4) is 0 Å². The van der Waals surface area contributed by atoms with Crippen LogP contribution in [0.15, 0.2) is 23.3 Å². The lowest BCUT2D eigenvalue weighted by Crippen LogP contribution is -2.19. The number of amidine groups is 1. The van der Waals surface area contributed by atoms with Gasteiger partial charge < -0.3 is 5.73 Å². The van der Waals surface area contributed by atoms with E-state index in [1.807, 2.05) is 26.0 Å². The minimum absolute atomic E-state index is 0.0718. The smallest absolute Gasteiger partial charge is 0.255 e. The van der Waals surface area contributed by atoms with Crippen LogP contribution in [0.2, 0.25) is 0 Å². The number of hydrogen-bond acceptors (Lipinski definition) is 3. The predicted octanol–water partition coefficient (Wildman–Crippen LogP) is 1.31. The summed E-state index contributed by atoms with van der Waals surface area (Å²) < 4.78 is 0. The molecule has 1 aromatic carbocycles. The van der Waals surface area contributed by atoms with Gasteiger partial charge in [0.15, 0.2) is 0 Å². The Morgan fingerprint density at radius 3 is 2.33 bits per heavy atom. The standard InChI is InChI=1S/C11H13N3O/c1-7-3-8(2)5-9(4-7)14-11(15)6-10(12)13-14/h3-5H,6H2,1-2H3,(H2,12,13). The second-order valence-electron chi connectivity index (χ2n) is 3.82. The third kappa shape index (κ3) is 1.83. The minimum Gasteiger partial charge on any atom is -0.385 e. The van der Waals surface area contributed by atoms with E-state index in [4.69, 9.17) is 5.73 Å². The number of nitrogens with two attached hydrogens (primary N) is 1. The van der Waals surface area contributed by atoms with Gasteiger partial charge in [0.05, 0.1) is 12.1 Å². The molecule has 0 fully saturated rings.